The lowest BCUT2D eigenvalue weighted by Gasteiger charge is -2.12. The van der Waals surface area contributed by atoms with E-state index in [2.05, 4.69) is 25.9 Å². The Kier molecular flexibility index (Phi) is 6.20. The number of anilines is 2. The number of benzene rings is 1. The minimum Gasteiger partial charge on any atom is -0.354 e. The molecule has 2 aromatic rings. The molecule has 0 aliphatic carbocycles. The zero-order valence-electron chi connectivity index (χ0n) is 13.6. The van der Waals surface area contributed by atoms with Crippen LogP contribution in [0.4, 0.5) is 16.4 Å². The maximum absolute atomic E-state index is 11.9. The van der Waals surface area contributed by atoms with Crippen LogP contribution in [0.25, 0.3) is 0 Å². The van der Waals surface area contributed by atoms with Gasteiger partial charge in [0.2, 0.25) is 5.95 Å². The molecule has 0 fully saturated rings. The average Bonchev–Trinajstić information content (AvgIpc) is 2.52. The number of H-pyrrole nitrogens is 1. The maximum Gasteiger partial charge on any atom is 0.319 e. The molecule has 1 heterocycles. The van der Waals surface area contributed by atoms with Gasteiger partial charge in [0.15, 0.2) is 0 Å². The third-order valence-corrected chi connectivity index (χ3v) is 3.50. The minimum atomic E-state index is -0.306. The van der Waals surface area contributed by atoms with E-state index >= 15 is 0 Å². The molecular formula is C16H20ClN5O2. The predicted molar refractivity (Wildman–Crippen MR) is 95.9 cm³/mol. The fourth-order valence-corrected chi connectivity index (χ4v) is 2.36. The van der Waals surface area contributed by atoms with Crippen LogP contribution in [0.15, 0.2) is 29.1 Å². The number of amides is 2. The molecule has 7 nitrogen and oxygen atoms in total. The summed E-state index contributed by atoms with van der Waals surface area (Å²) in [7, 11) is 0. The van der Waals surface area contributed by atoms with Crippen molar-refractivity contribution < 1.29 is 4.79 Å². The average molecular weight is 350 g/mol. The third-order valence-electron chi connectivity index (χ3n) is 3.27. The molecule has 0 unspecified atom stereocenters. The van der Waals surface area contributed by atoms with Crippen molar-refractivity contribution in [3.63, 3.8) is 0 Å². The first-order valence-corrected chi connectivity index (χ1v) is 8.01. The van der Waals surface area contributed by atoms with Crippen molar-refractivity contribution in [2.24, 2.45) is 0 Å². The second-order valence-corrected chi connectivity index (χ2v) is 5.63. The van der Waals surface area contributed by atoms with Crippen LogP contribution >= 0.6 is 11.6 Å². The highest BCUT2D eigenvalue weighted by Crippen LogP contribution is 2.20. The monoisotopic (exact) mass is 349 g/mol. The van der Waals surface area contributed by atoms with Gasteiger partial charge in [-0.15, -0.1) is 0 Å². The summed E-state index contributed by atoms with van der Waals surface area (Å²) in [4.78, 5) is 30.0. The molecule has 2 rings (SSSR count). The van der Waals surface area contributed by atoms with Gasteiger partial charge in [0.25, 0.3) is 5.56 Å². The molecule has 1 aromatic heterocycles. The lowest BCUT2D eigenvalue weighted by molar-refractivity contribution is 0.252. The number of nitrogens with zero attached hydrogens (tertiary/aromatic N) is 1. The summed E-state index contributed by atoms with van der Waals surface area (Å²) >= 11 is 5.95. The normalized spacial score (nSPS) is 10.3. The molecule has 0 aliphatic heterocycles. The quantitative estimate of drug-likeness (QED) is 0.602. The van der Waals surface area contributed by atoms with E-state index in [1.54, 1.807) is 19.1 Å². The Bertz CT molecular complexity index is 775. The van der Waals surface area contributed by atoms with Crippen LogP contribution in [-0.4, -0.2) is 29.1 Å². The van der Waals surface area contributed by atoms with Gasteiger partial charge in [-0.1, -0.05) is 18.5 Å². The van der Waals surface area contributed by atoms with Gasteiger partial charge < -0.3 is 16.0 Å². The zero-order chi connectivity index (χ0) is 17.5. The lowest BCUT2D eigenvalue weighted by atomic mass is 10.1. The number of hydrogen-bond donors (Lipinski definition) is 4. The zero-order valence-corrected chi connectivity index (χ0v) is 14.3. The molecule has 0 atom stereocenters. The van der Waals surface area contributed by atoms with E-state index in [1.165, 1.54) is 6.07 Å². The molecule has 24 heavy (non-hydrogen) atoms. The maximum atomic E-state index is 11.9. The van der Waals surface area contributed by atoms with Crippen LogP contribution in [-0.2, 0) is 6.42 Å². The Morgan fingerprint density at radius 1 is 1.29 bits per heavy atom. The van der Waals surface area contributed by atoms with Crippen LogP contribution in [0.3, 0.4) is 0 Å². The van der Waals surface area contributed by atoms with E-state index in [-0.39, 0.29) is 11.6 Å². The lowest BCUT2D eigenvalue weighted by Crippen LogP contribution is -2.33. The number of carbonyl (C=O) groups excluding carboxylic acids is 1. The second-order valence-electron chi connectivity index (χ2n) is 5.20. The highest BCUT2D eigenvalue weighted by Gasteiger charge is 2.06. The summed E-state index contributed by atoms with van der Waals surface area (Å²) in [6.45, 7) is 4.54. The molecular weight excluding hydrogens is 330 g/mol. The first kappa shape index (κ1) is 17.8. The van der Waals surface area contributed by atoms with Crippen LogP contribution in [0, 0.1) is 6.92 Å². The number of halogens is 1. The van der Waals surface area contributed by atoms with Gasteiger partial charge >= 0.3 is 6.03 Å². The second kappa shape index (κ2) is 8.35. The summed E-state index contributed by atoms with van der Waals surface area (Å²) in [5, 5.41) is 9.12. The Hall–Kier alpha value is -2.54. The molecule has 1 aromatic carbocycles. The van der Waals surface area contributed by atoms with Gasteiger partial charge in [0, 0.05) is 35.6 Å². The number of aryl methyl sites for hydroxylation is 2. The number of nitrogens with one attached hydrogen (secondary N) is 4. The van der Waals surface area contributed by atoms with Gasteiger partial charge in [-0.25, -0.2) is 9.78 Å². The van der Waals surface area contributed by atoms with Crippen molar-refractivity contribution in [2.75, 3.05) is 23.7 Å². The van der Waals surface area contributed by atoms with Crippen molar-refractivity contribution in [3.05, 3.63) is 50.9 Å². The highest BCUT2D eigenvalue weighted by atomic mass is 35.5. The van der Waals surface area contributed by atoms with Gasteiger partial charge in [-0.05, 0) is 37.1 Å². The van der Waals surface area contributed by atoms with E-state index in [4.69, 9.17) is 11.6 Å². The molecule has 128 valence electrons. The van der Waals surface area contributed by atoms with Gasteiger partial charge in [-0.3, -0.25) is 9.78 Å². The van der Waals surface area contributed by atoms with E-state index in [1.807, 2.05) is 13.0 Å². The summed E-state index contributed by atoms with van der Waals surface area (Å²) in [6, 6.07) is 6.45. The van der Waals surface area contributed by atoms with E-state index in [0.717, 1.165) is 17.7 Å². The van der Waals surface area contributed by atoms with E-state index < -0.39 is 0 Å². The number of hydrogen-bond acceptors (Lipinski definition) is 4. The molecule has 0 saturated carbocycles. The molecule has 0 bridgehead atoms. The fourth-order valence-electron chi connectivity index (χ4n) is 2.16. The largest absolute Gasteiger partial charge is 0.354 e. The third kappa shape index (κ3) is 5.27. The van der Waals surface area contributed by atoms with Crippen molar-refractivity contribution in [1.82, 2.24) is 15.3 Å². The topological polar surface area (TPSA) is 98.9 Å². The molecule has 2 amide bonds. The van der Waals surface area contributed by atoms with E-state index in [0.29, 0.717) is 29.8 Å². The summed E-state index contributed by atoms with van der Waals surface area (Å²) < 4.78 is 0. The molecule has 4 N–H and O–H groups in total. The number of aromatic amines is 1. The molecule has 0 spiro atoms. The Morgan fingerprint density at radius 3 is 2.79 bits per heavy atom. The predicted octanol–water partition coefficient (Wildman–Crippen LogP) is 2.53. The standard InChI is InChI=1S/C16H20ClN5O2/c1-3-11-9-12(17)4-5-13(11)21-16(24)19-7-6-18-15-20-10(2)8-14(23)22-15/h4-5,8-9H,3,6-7H2,1-2H3,(H2,19,21,24)(H2,18,20,22,23). The van der Waals surface area contributed by atoms with Crippen molar-refractivity contribution in [2.45, 2.75) is 20.3 Å². The molecule has 8 heteroatoms. The van der Waals surface area contributed by atoms with Crippen LogP contribution < -0.4 is 21.5 Å². The van der Waals surface area contributed by atoms with Crippen molar-refractivity contribution in [1.29, 1.82) is 0 Å². The Labute approximate surface area is 144 Å². The van der Waals surface area contributed by atoms with Crippen LogP contribution in [0.5, 0.6) is 0 Å². The SMILES string of the molecule is CCc1cc(Cl)ccc1NC(=O)NCCNc1nc(C)cc(=O)[nH]1. The minimum absolute atomic E-state index is 0.217. The Morgan fingerprint density at radius 2 is 2.08 bits per heavy atom. The smallest absolute Gasteiger partial charge is 0.319 e. The molecule has 0 saturated heterocycles. The molecule has 0 aliphatic rings. The fraction of sp³-hybridized carbons (Fsp3) is 0.312. The summed E-state index contributed by atoms with van der Waals surface area (Å²) in [5.41, 5.74) is 2.11. The van der Waals surface area contributed by atoms with Crippen LogP contribution in [0.2, 0.25) is 5.02 Å². The molecule has 0 radical (unpaired) electrons. The Balaban J connectivity index is 1.80. The van der Waals surface area contributed by atoms with Crippen molar-refractivity contribution >= 4 is 29.3 Å². The first-order valence-electron chi connectivity index (χ1n) is 7.63. The number of rotatable bonds is 6. The summed E-state index contributed by atoms with van der Waals surface area (Å²) in [5.74, 6) is 0.383. The number of carbonyl (C=O) groups is 1. The van der Waals surface area contributed by atoms with Gasteiger partial charge in [0.05, 0.1) is 0 Å². The highest BCUT2D eigenvalue weighted by molar-refractivity contribution is 6.30. The van der Waals surface area contributed by atoms with Crippen LogP contribution in [0.1, 0.15) is 18.2 Å². The van der Waals surface area contributed by atoms with Gasteiger partial charge in [-0.2, -0.15) is 0 Å². The van der Waals surface area contributed by atoms with E-state index in [9.17, 15) is 9.59 Å². The number of urea groups is 1. The first-order chi connectivity index (χ1) is 11.5. The van der Waals surface area contributed by atoms with Crippen molar-refractivity contribution in [3.8, 4) is 0 Å². The number of aromatic nitrogens is 2. The summed E-state index contributed by atoms with van der Waals surface area (Å²) in [6.07, 6.45) is 0.768. The van der Waals surface area contributed by atoms with Gasteiger partial charge in [0.1, 0.15) is 0 Å².